The van der Waals surface area contributed by atoms with Gasteiger partial charge in [-0.2, -0.15) is 5.10 Å². The molecule has 1 N–H and O–H groups in total. The van der Waals surface area contributed by atoms with Crippen LogP contribution in [-0.4, -0.2) is 37.3 Å². The minimum absolute atomic E-state index is 0.0230. The molecule has 1 aliphatic rings. The number of hydrogen-bond donors (Lipinski definition) is 1. The first kappa shape index (κ1) is 18.4. The van der Waals surface area contributed by atoms with E-state index in [9.17, 15) is 9.18 Å². The van der Waals surface area contributed by atoms with Crippen LogP contribution in [-0.2, 0) is 19.6 Å². The standard InChI is InChI=1S/C23H19FN4O2/c24-18-5-6-21-19(9-18)20(10-22(26-21)17-11-25-28(14-17)7-8-29)23(30)27-12-15-3-1-2-4-16(15)13-27/h1-6,9-11,14,29H,7-8,12-13H2. The molecule has 5 rings (SSSR count). The highest BCUT2D eigenvalue weighted by molar-refractivity contribution is 6.07. The van der Waals surface area contributed by atoms with E-state index < -0.39 is 5.82 Å². The summed E-state index contributed by atoms with van der Waals surface area (Å²) < 4.78 is 15.6. The molecular weight excluding hydrogens is 383 g/mol. The lowest BCUT2D eigenvalue weighted by Crippen LogP contribution is -2.25. The molecule has 2 aromatic carbocycles. The second kappa shape index (κ2) is 7.35. The lowest BCUT2D eigenvalue weighted by atomic mass is 10.0. The molecule has 6 nitrogen and oxygen atoms in total. The average Bonchev–Trinajstić information content (AvgIpc) is 3.40. The number of aromatic nitrogens is 3. The summed E-state index contributed by atoms with van der Waals surface area (Å²) in [5.41, 5.74) is 4.52. The molecule has 0 saturated heterocycles. The highest BCUT2D eigenvalue weighted by atomic mass is 19.1. The summed E-state index contributed by atoms with van der Waals surface area (Å²) in [5, 5.41) is 13.8. The van der Waals surface area contributed by atoms with Crippen molar-refractivity contribution in [3.8, 4) is 11.3 Å². The van der Waals surface area contributed by atoms with E-state index in [2.05, 4.69) is 10.1 Å². The van der Waals surface area contributed by atoms with Crippen molar-refractivity contribution in [2.24, 2.45) is 0 Å². The number of pyridine rings is 1. The molecule has 0 spiro atoms. The molecule has 1 aliphatic heterocycles. The zero-order valence-electron chi connectivity index (χ0n) is 16.1. The number of carbonyl (C=O) groups is 1. The maximum Gasteiger partial charge on any atom is 0.255 e. The van der Waals surface area contributed by atoms with Crippen molar-refractivity contribution >= 4 is 16.8 Å². The van der Waals surface area contributed by atoms with E-state index in [1.54, 1.807) is 34.1 Å². The van der Waals surface area contributed by atoms with E-state index in [0.29, 0.717) is 41.8 Å². The molecule has 0 aliphatic carbocycles. The Morgan fingerprint density at radius 1 is 1.10 bits per heavy atom. The highest BCUT2D eigenvalue weighted by Gasteiger charge is 2.26. The van der Waals surface area contributed by atoms with Crippen LogP contribution in [0.3, 0.4) is 0 Å². The summed E-state index contributed by atoms with van der Waals surface area (Å²) in [5.74, 6) is -0.570. The van der Waals surface area contributed by atoms with Crippen molar-refractivity contribution < 1.29 is 14.3 Å². The van der Waals surface area contributed by atoms with Crippen LogP contribution in [0.25, 0.3) is 22.2 Å². The summed E-state index contributed by atoms with van der Waals surface area (Å²) in [6.07, 6.45) is 3.42. The van der Waals surface area contributed by atoms with Gasteiger partial charge in [0, 0.05) is 30.2 Å². The Labute approximate surface area is 172 Å². The molecule has 0 fully saturated rings. The molecule has 0 saturated carbocycles. The van der Waals surface area contributed by atoms with Crippen molar-refractivity contribution in [1.29, 1.82) is 0 Å². The minimum Gasteiger partial charge on any atom is -0.394 e. The number of aliphatic hydroxyl groups is 1. The average molecular weight is 402 g/mol. The summed E-state index contributed by atoms with van der Waals surface area (Å²) in [4.78, 5) is 19.8. The number of fused-ring (bicyclic) bond motifs is 2. The Hall–Kier alpha value is -3.58. The van der Waals surface area contributed by atoms with E-state index in [-0.39, 0.29) is 12.5 Å². The summed E-state index contributed by atoms with van der Waals surface area (Å²) >= 11 is 0. The third-order valence-electron chi connectivity index (χ3n) is 5.39. The minimum atomic E-state index is -0.411. The number of nitrogens with zero attached hydrogens (tertiary/aromatic N) is 4. The van der Waals surface area contributed by atoms with Gasteiger partial charge >= 0.3 is 0 Å². The molecule has 150 valence electrons. The maximum atomic E-state index is 14.0. The van der Waals surface area contributed by atoms with Crippen LogP contribution in [0.4, 0.5) is 4.39 Å². The van der Waals surface area contributed by atoms with E-state index in [1.807, 2.05) is 24.3 Å². The van der Waals surface area contributed by atoms with Gasteiger partial charge in [0.2, 0.25) is 0 Å². The Kier molecular flexibility index (Phi) is 4.52. The van der Waals surface area contributed by atoms with Gasteiger partial charge in [0.15, 0.2) is 0 Å². The second-order valence-corrected chi connectivity index (χ2v) is 7.36. The molecule has 30 heavy (non-hydrogen) atoms. The van der Waals surface area contributed by atoms with Crippen LogP contribution >= 0.6 is 0 Å². The van der Waals surface area contributed by atoms with E-state index in [0.717, 1.165) is 16.7 Å². The van der Waals surface area contributed by atoms with Gasteiger partial charge in [-0.25, -0.2) is 9.37 Å². The van der Waals surface area contributed by atoms with Crippen LogP contribution in [0.5, 0.6) is 0 Å². The largest absolute Gasteiger partial charge is 0.394 e. The second-order valence-electron chi connectivity index (χ2n) is 7.36. The van der Waals surface area contributed by atoms with E-state index in [1.165, 1.54) is 12.1 Å². The van der Waals surface area contributed by atoms with Crippen LogP contribution in [0.2, 0.25) is 0 Å². The smallest absolute Gasteiger partial charge is 0.255 e. The number of hydrogen-bond acceptors (Lipinski definition) is 4. The summed E-state index contributed by atoms with van der Waals surface area (Å²) in [6.45, 7) is 1.40. The fourth-order valence-corrected chi connectivity index (χ4v) is 3.89. The molecule has 0 bridgehead atoms. The molecular formula is C23H19FN4O2. The first-order valence-electron chi connectivity index (χ1n) is 9.72. The van der Waals surface area contributed by atoms with Crippen molar-refractivity contribution in [2.45, 2.75) is 19.6 Å². The lowest BCUT2D eigenvalue weighted by molar-refractivity contribution is 0.0753. The number of carbonyl (C=O) groups excluding carboxylic acids is 1. The fraction of sp³-hybridized carbons (Fsp3) is 0.174. The summed E-state index contributed by atoms with van der Waals surface area (Å²) in [6, 6.07) is 14.0. The Balaban J connectivity index is 1.59. The van der Waals surface area contributed by atoms with Gasteiger partial charge in [0.1, 0.15) is 5.82 Å². The molecule has 0 atom stereocenters. The Bertz CT molecular complexity index is 1240. The number of aliphatic hydroxyl groups excluding tert-OH is 1. The lowest BCUT2D eigenvalue weighted by Gasteiger charge is -2.17. The molecule has 0 unspecified atom stereocenters. The Morgan fingerprint density at radius 2 is 1.87 bits per heavy atom. The SMILES string of the molecule is O=C(c1cc(-c2cnn(CCO)c2)nc2ccc(F)cc12)N1Cc2ccccc2C1. The normalized spacial score (nSPS) is 13.1. The van der Waals surface area contributed by atoms with E-state index in [4.69, 9.17) is 5.11 Å². The van der Waals surface area contributed by atoms with Crippen molar-refractivity contribution in [3.63, 3.8) is 0 Å². The van der Waals surface area contributed by atoms with Crippen LogP contribution in [0.15, 0.2) is 60.9 Å². The van der Waals surface area contributed by atoms with Gasteiger partial charge in [-0.05, 0) is 35.4 Å². The topological polar surface area (TPSA) is 71.2 Å². The highest BCUT2D eigenvalue weighted by Crippen LogP contribution is 2.29. The molecule has 0 radical (unpaired) electrons. The van der Waals surface area contributed by atoms with Crippen LogP contribution < -0.4 is 0 Å². The number of halogens is 1. The molecule has 2 aromatic heterocycles. The number of amides is 1. The van der Waals surface area contributed by atoms with Gasteiger partial charge in [0.25, 0.3) is 5.91 Å². The maximum absolute atomic E-state index is 14.0. The predicted octanol–water partition coefficient (Wildman–Crippen LogP) is 3.39. The third-order valence-corrected chi connectivity index (χ3v) is 5.39. The molecule has 4 aromatic rings. The van der Waals surface area contributed by atoms with Gasteiger partial charge in [-0.15, -0.1) is 0 Å². The first-order valence-corrected chi connectivity index (χ1v) is 9.72. The van der Waals surface area contributed by atoms with Crippen molar-refractivity contribution in [1.82, 2.24) is 19.7 Å². The molecule has 1 amide bonds. The predicted molar refractivity (Wildman–Crippen MR) is 110 cm³/mol. The van der Waals surface area contributed by atoms with E-state index >= 15 is 0 Å². The van der Waals surface area contributed by atoms with Crippen molar-refractivity contribution in [2.75, 3.05) is 6.61 Å². The van der Waals surface area contributed by atoms with Gasteiger partial charge in [-0.3, -0.25) is 9.48 Å². The zero-order chi connectivity index (χ0) is 20.7. The molecule has 3 heterocycles. The first-order chi connectivity index (χ1) is 14.6. The van der Waals surface area contributed by atoms with Crippen LogP contribution in [0, 0.1) is 5.82 Å². The van der Waals surface area contributed by atoms with Crippen molar-refractivity contribution in [3.05, 3.63) is 83.4 Å². The van der Waals surface area contributed by atoms with Gasteiger partial charge in [-0.1, -0.05) is 24.3 Å². The Morgan fingerprint density at radius 3 is 2.60 bits per heavy atom. The monoisotopic (exact) mass is 402 g/mol. The number of rotatable bonds is 4. The fourth-order valence-electron chi connectivity index (χ4n) is 3.89. The quantitative estimate of drug-likeness (QED) is 0.568. The van der Waals surface area contributed by atoms with Gasteiger partial charge < -0.3 is 10.0 Å². The number of benzene rings is 2. The van der Waals surface area contributed by atoms with Crippen LogP contribution in [0.1, 0.15) is 21.5 Å². The molecule has 7 heteroatoms. The van der Waals surface area contributed by atoms with Gasteiger partial charge in [0.05, 0.1) is 36.1 Å². The summed E-state index contributed by atoms with van der Waals surface area (Å²) in [7, 11) is 0. The zero-order valence-corrected chi connectivity index (χ0v) is 16.1. The third kappa shape index (κ3) is 3.23.